The first kappa shape index (κ1) is 27.0. The second-order valence-corrected chi connectivity index (χ2v) is 7.64. The van der Waals surface area contributed by atoms with E-state index in [1.165, 1.54) is 0 Å². The maximum atomic E-state index is 11.7. The third kappa shape index (κ3) is 13.1. The summed E-state index contributed by atoms with van der Waals surface area (Å²) in [4.78, 5) is 25.3. The number of rotatable bonds is 15. The van der Waals surface area contributed by atoms with Crippen LogP contribution in [0.3, 0.4) is 0 Å². The number of aliphatic hydroxyl groups excluding tert-OH is 1. The van der Waals surface area contributed by atoms with Gasteiger partial charge in [0.25, 0.3) is 0 Å². The number of amides is 2. The van der Waals surface area contributed by atoms with Crippen LogP contribution >= 0.6 is 11.6 Å². The molecule has 0 aliphatic heterocycles. The molecule has 1 aromatic rings. The van der Waals surface area contributed by atoms with Gasteiger partial charge in [-0.15, -0.1) is 0 Å². The molecule has 8 nitrogen and oxygen atoms in total. The predicted molar refractivity (Wildman–Crippen MR) is 121 cm³/mol. The van der Waals surface area contributed by atoms with Crippen LogP contribution in [0.2, 0.25) is 5.02 Å². The Kier molecular flexibility index (Phi) is 14.5. The highest BCUT2D eigenvalue weighted by molar-refractivity contribution is 6.30. The second-order valence-electron chi connectivity index (χ2n) is 7.20. The van der Waals surface area contributed by atoms with Gasteiger partial charge in [0.05, 0.1) is 6.10 Å². The van der Waals surface area contributed by atoms with E-state index in [0.717, 1.165) is 25.7 Å². The monoisotopic (exact) mass is 457 g/mol. The number of ether oxygens (including phenoxy) is 2. The zero-order valence-corrected chi connectivity index (χ0v) is 19.3. The molecule has 31 heavy (non-hydrogen) atoms. The maximum Gasteiger partial charge on any atom is 0.407 e. The Labute approximate surface area is 190 Å². The van der Waals surface area contributed by atoms with Crippen LogP contribution in [0.5, 0.6) is 0 Å². The Morgan fingerprint density at radius 3 is 2.06 bits per heavy atom. The number of hydrogen-bond donors (Lipinski definition) is 3. The summed E-state index contributed by atoms with van der Waals surface area (Å²) in [5, 5.41) is 16.5. The van der Waals surface area contributed by atoms with Gasteiger partial charge in [0, 0.05) is 37.7 Å². The van der Waals surface area contributed by atoms with E-state index >= 15 is 0 Å². The van der Waals surface area contributed by atoms with Crippen molar-refractivity contribution in [2.75, 3.05) is 45.9 Å². The van der Waals surface area contributed by atoms with Crippen molar-refractivity contribution in [3.8, 4) is 0 Å². The van der Waals surface area contributed by atoms with Crippen molar-refractivity contribution in [3.63, 3.8) is 0 Å². The van der Waals surface area contributed by atoms with Gasteiger partial charge < -0.3 is 25.2 Å². The summed E-state index contributed by atoms with van der Waals surface area (Å²) in [7, 11) is 0. The van der Waals surface area contributed by atoms with E-state index in [1.54, 1.807) is 24.3 Å². The van der Waals surface area contributed by atoms with Crippen molar-refractivity contribution < 1.29 is 24.2 Å². The van der Waals surface area contributed by atoms with Crippen molar-refractivity contribution in [1.29, 1.82) is 0 Å². The van der Waals surface area contributed by atoms with Crippen molar-refractivity contribution in [3.05, 3.63) is 34.9 Å². The predicted octanol–water partition coefficient (Wildman–Crippen LogP) is 3.73. The molecule has 0 aromatic heterocycles. The van der Waals surface area contributed by atoms with Crippen LogP contribution in [0.4, 0.5) is 9.59 Å². The molecule has 0 heterocycles. The third-order valence-electron chi connectivity index (χ3n) is 4.55. The molecule has 0 aliphatic carbocycles. The topological polar surface area (TPSA) is 100 Å². The molecule has 2 amide bonds. The summed E-state index contributed by atoms with van der Waals surface area (Å²) in [5.74, 6) is 0. The lowest BCUT2D eigenvalue weighted by molar-refractivity contribution is 0.0724. The summed E-state index contributed by atoms with van der Waals surface area (Å²) in [6.07, 6.45) is 2.05. The highest BCUT2D eigenvalue weighted by Crippen LogP contribution is 2.18. The summed E-state index contributed by atoms with van der Waals surface area (Å²) < 4.78 is 10.4. The minimum atomic E-state index is -0.782. The molecule has 0 spiro atoms. The fraction of sp³-hybridized carbons (Fsp3) is 0.636. The van der Waals surface area contributed by atoms with Gasteiger partial charge >= 0.3 is 12.2 Å². The number of carbonyl (C=O) groups excluding carboxylic acids is 2. The van der Waals surface area contributed by atoms with Gasteiger partial charge in [-0.3, -0.25) is 4.90 Å². The lowest BCUT2D eigenvalue weighted by Gasteiger charge is -2.25. The molecule has 1 atom stereocenters. The van der Waals surface area contributed by atoms with Gasteiger partial charge in [0.1, 0.15) is 13.2 Å². The smallest absolute Gasteiger partial charge is 0.407 e. The molecule has 0 saturated carbocycles. The van der Waals surface area contributed by atoms with Gasteiger partial charge in [-0.25, -0.2) is 9.59 Å². The number of hydrogen-bond acceptors (Lipinski definition) is 6. The first-order valence-electron chi connectivity index (χ1n) is 10.9. The molecule has 176 valence electrons. The normalized spacial score (nSPS) is 11.8. The molecule has 0 radical (unpaired) electrons. The summed E-state index contributed by atoms with van der Waals surface area (Å²) in [6, 6.07) is 7.02. The highest BCUT2D eigenvalue weighted by atomic mass is 35.5. The summed E-state index contributed by atoms with van der Waals surface area (Å²) >= 11 is 6.01. The number of alkyl carbamates (subject to hydrolysis) is 2. The van der Waals surface area contributed by atoms with E-state index in [4.69, 9.17) is 21.1 Å². The number of nitrogens with one attached hydrogen (secondary N) is 2. The number of nitrogens with zero attached hydrogens (tertiary/aromatic N) is 1. The fourth-order valence-corrected chi connectivity index (χ4v) is 2.93. The SMILES string of the molecule is CCCCNC(=O)OCCN(CCOC(=O)NCCCC)CC(O)c1cccc(Cl)c1. The molecule has 3 N–H and O–H groups in total. The molecule has 0 fully saturated rings. The molecule has 0 bridgehead atoms. The van der Waals surface area contributed by atoms with Crippen LogP contribution in [0.25, 0.3) is 0 Å². The number of aliphatic hydroxyl groups is 1. The van der Waals surface area contributed by atoms with Crippen LogP contribution < -0.4 is 10.6 Å². The Bertz CT molecular complexity index is 619. The van der Waals surface area contributed by atoms with E-state index < -0.39 is 18.3 Å². The van der Waals surface area contributed by atoms with Crippen molar-refractivity contribution in [2.45, 2.75) is 45.6 Å². The first-order valence-corrected chi connectivity index (χ1v) is 11.3. The van der Waals surface area contributed by atoms with Crippen LogP contribution in [-0.4, -0.2) is 68.1 Å². The molecule has 9 heteroatoms. The number of unbranched alkanes of at least 4 members (excludes halogenated alkanes) is 2. The molecule has 1 rings (SSSR count). The standard InChI is InChI=1S/C22H36ClN3O5/c1-3-5-10-24-21(28)30-14-12-26(13-15-31-22(29)25-11-6-4-2)17-20(27)18-8-7-9-19(23)16-18/h7-9,16,20,27H,3-6,10-15,17H2,1-2H3,(H,24,28)(H,25,29). The zero-order chi connectivity index (χ0) is 22.9. The molecule has 1 aromatic carbocycles. The number of carbonyl (C=O) groups is 2. The van der Waals surface area contributed by atoms with Gasteiger partial charge in [-0.2, -0.15) is 0 Å². The minimum absolute atomic E-state index is 0.156. The number of benzene rings is 1. The summed E-state index contributed by atoms with van der Waals surface area (Å²) in [6.45, 7) is 6.61. The largest absolute Gasteiger partial charge is 0.448 e. The Hall–Kier alpha value is -2.03. The lowest BCUT2D eigenvalue weighted by Crippen LogP contribution is -2.37. The molecular weight excluding hydrogens is 422 g/mol. The van der Waals surface area contributed by atoms with Crippen LogP contribution in [0, 0.1) is 0 Å². The average molecular weight is 458 g/mol. The van der Waals surface area contributed by atoms with Crippen LogP contribution in [-0.2, 0) is 9.47 Å². The molecule has 0 saturated heterocycles. The van der Waals surface area contributed by atoms with Crippen LogP contribution in [0.15, 0.2) is 24.3 Å². The zero-order valence-electron chi connectivity index (χ0n) is 18.6. The Morgan fingerprint density at radius 2 is 1.58 bits per heavy atom. The van der Waals surface area contributed by atoms with Crippen molar-refractivity contribution in [2.24, 2.45) is 0 Å². The second kappa shape index (κ2) is 16.6. The van der Waals surface area contributed by atoms with Gasteiger partial charge in [-0.1, -0.05) is 50.4 Å². The van der Waals surface area contributed by atoms with Crippen LogP contribution in [0.1, 0.15) is 51.2 Å². The molecule has 1 unspecified atom stereocenters. The maximum absolute atomic E-state index is 11.7. The van der Waals surface area contributed by atoms with E-state index in [1.807, 2.05) is 18.7 Å². The average Bonchev–Trinajstić information content (AvgIpc) is 2.74. The van der Waals surface area contributed by atoms with E-state index in [0.29, 0.717) is 36.8 Å². The van der Waals surface area contributed by atoms with Crippen molar-refractivity contribution in [1.82, 2.24) is 15.5 Å². The third-order valence-corrected chi connectivity index (χ3v) is 4.78. The summed E-state index contributed by atoms with van der Waals surface area (Å²) in [5.41, 5.74) is 0.689. The van der Waals surface area contributed by atoms with Gasteiger partial charge in [0.15, 0.2) is 0 Å². The van der Waals surface area contributed by atoms with Crippen molar-refractivity contribution >= 4 is 23.8 Å². The van der Waals surface area contributed by atoms with Gasteiger partial charge in [0.2, 0.25) is 0 Å². The highest BCUT2D eigenvalue weighted by Gasteiger charge is 2.15. The molecule has 0 aliphatic rings. The lowest BCUT2D eigenvalue weighted by atomic mass is 10.1. The quantitative estimate of drug-likeness (QED) is 0.347. The Balaban J connectivity index is 2.51. The van der Waals surface area contributed by atoms with E-state index in [-0.39, 0.29) is 19.8 Å². The Morgan fingerprint density at radius 1 is 1.03 bits per heavy atom. The first-order chi connectivity index (χ1) is 15.0. The van der Waals surface area contributed by atoms with E-state index in [9.17, 15) is 14.7 Å². The molecular formula is C22H36ClN3O5. The van der Waals surface area contributed by atoms with E-state index in [2.05, 4.69) is 10.6 Å². The number of halogens is 1. The fourth-order valence-electron chi connectivity index (χ4n) is 2.73. The van der Waals surface area contributed by atoms with Gasteiger partial charge in [-0.05, 0) is 30.5 Å². The minimum Gasteiger partial charge on any atom is -0.448 e.